The van der Waals surface area contributed by atoms with E-state index in [2.05, 4.69) is 29.2 Å². The predicted molar refractivity (Wildman–Crippen MR) is 99.3 cm³/mol. The summed E-state index contributed by atoms with van der Waals surface area (Å²) in [4.78, 5) is 8.04. The summed E-state index contributed by atoms with van der Waals surface area (Å²) in [6, 6.07) is 8.07. The Morgan fingerprint density at radius 2 is 1.45 bits per heavy atom. The minimum Gasteiger partial charge on any atom is -0.244 e. The van der Waals surface area contributed by atoms with E-state index in [1.54, 1.807) is 18.5 Å². The van der Waals surface area contributed by atoms with Gasteiger partial charge in [0.05, 0.1) is 0 Å². The fourth-order valence-electron chi connectivity index (χ4n) is 1.70. The lowest BCUT2D eigenvalue weighted by molar-refractivity contribution is 1.16. The van der Waals surface area contributed by atoms with Crippen LogP contribution in [0.1, 0.15) is 44.4 Å². The van der Waals surface area contributed by atoms with Crippen LogP contribution in [0.3, 0.4) is 0 Å². The van der Waals surface area contributed by atoms with Crippen molar-refractivity contribution in [3.8, 4) is 0 Å². The standard InChI is InChI=1S/C16H14N2.2C2H6/c1-3-13-7-5-6-8-15(13)9-14(4-2)16-10-17-12-18-11-16;2*1-2/h3-12H,1-2H2;2*1-2H3/b14-9+;;. The van der Waals surface area contributed by atoms with Gasteiger partial charge in [-0.1, -0.05) is 77.3 Å². The van der Waals surface area contributed by atoms with Crippen molar-refractivity contribution < 1.29 is 0 Å². The van der Waals surface area contributed by atoms with E-state index in [4.69, 9.17) is 0 Å². The molecule has 0 fully saturated rings. The van der Waals surface area contributed by atoms with Gasteiger partial charge in [0.25, 0.3) is 0 Å². The highest BCUT2D eigenvalue weighted by molar-refractivity contribution is 5.88. The van der Waals surface area contributed by atoms with Crippen molar-refractivity contribution in [3.63, 3.8) is 0 Å². The Bertz CT molecular complexity index is 584. The normalized spacial score (nSPS) is 9.55. The van der Waals surface area contributed by atoms with Crippen molar-refractivity contribution in [2.24, 2.45) is 0 Å². The third-order valence-corrected chi connectivity index (χ3v) is 2.64. The molecule has 1 aromatic heterocycles. The van der Waals surface area contributed by atoms with E-state index < -0.39 is 0 Å². The highest BCUT2D eigenvalue weighted by Crippen LogP contribution is 2.20. The molecule has 0 radical (unpaired) electrons. The second-order valence-electron chi connectivity index (χ2n) is 3.76. The highest BCUT2D eigenvalue weighted by atomic mass is 14.8. The molecule has 0 aliphatic rings. The quantitative estimate of drug-likeness (QED) is 0.656. The molecule has 0 spiro atoms. The Kier molecular flexibility index (Phi) is 10.9. The maximum atomic E-state index is 4.02. The van der Waals surface area contributed by atoms with E-state index in [0.29, 0.717) is 0 Å². The third-order valence-electron chi connectivity index (χ3n) is 2.64. The van der Waals surface area contributed by atoms with Crippen LogP contribution in [0.4, 0.5) is 0 Å². The summed E-state index contributed by atoms with van der Waals surface area (Å²) < 4.78 is 0. The summed E-state index contributed by atoms with van der Waals surface area (Å²) in [5.74, 6) is 0. The van der Waals surface area contributed by atoms with Crippen LogP contribution in [0.2, 0.25) is 0 Å². The second-order valence-corrected chi connectivity index (χ2v) is 3.76. The number of allylic oxidation sites excluding steroid dienone is 2. The van der Waals surface area contributed by atoms with Gasteiger partial charge in [-0.05, 0) is 22.8 Å². The molecule has 2 aromatic rings. The van der Waals surface area contributed by atoms with Crippen LogP contribution in [0.15, 0.2) is 62.2 Å². The molecule has 1 aromatic carbocycles. The molecule has 0 aliphatic heterocycles. The smallest absolute Gasteiger partial charge is 0.115 e. The Morgan fingerprint density at radius 3 is 1.95 bits per heavy atom. The van der Waals surface area contributed by atoms with Crippen LogP contribution in [0.5, 0.6) is 0 Å². The molecule has 116 valence electrons. The van der Waals surface area contributed by atoms with E-state index in [0.717, 1.165) is 22.3 Å². The van der Waals surface area contributed by atoms with Crippen molar-refractivity contribution >= 4 is 17.7 Å². The van der Waals surface area contributed by atoms with E-state index in [1.807, 2.05) is 58.0 Å². The van der Waals surface area contributed by atoms with Crippen molar-refractivity contribution in [1.82, 2.24) is 9.97 Å². The maximum Gasteiger partial charge on any atom is 0.115 e. The Hall–Kier alpha value is -2.48. The lowest BCUT2D eigenvalue weighted by Gasteiger charge is -2.04. The Morgan fingerprint density at radius 1 is 0.909 bits per heavy atom. The predicted octanol–water partition coefficient (Wildman–Crippen LogP) is 5.90. The molecule has 2 rings (SSSR count). The minimum absolute atomic E-state index is 0.950. The molecule has 0 saturated carbocycles. The van der Waals surface area contributed by atoms with Gasteiger partial charge in [-0.25, -0.2) is 9.97 Å². The zero-order valence-electron chi connectivity index (χ0n) is 14.1. The van der Waals surface area contributed by atoms with Gasteiger partial charge >= 0.3 is 0 Å². The molecule has 0 unspecified atom stereocenters. The fourth-order valence-corrected chi connectivity index (χ4v) is 1.70. The molecule has 2 heteroatoms. The van der Waals surface area contributed by atoms with Crippen LogP contribution in [-0.2, 0) is 0 Å². The average molecular weight is 294 g/mol. The van der Waals surface area contributed by atoms with Crippen molar-refractivity contribution in [1.29, 1.82) is 0 Å². The summed E-state index contributed by atoms with van der Waals surface area (Å²) in [5, 5.41) is 0. The van der Waals surface area contributed by atoms with Crippen LogP contribution in [0, 0.1) is 0 Å². The number of aromatic nitrogens is 2. The molecule has 0 amide bonds. The molecule has 0 atom stereocenters. The largest absolute Gasteiger partial charge is 0.244 e. The first-order valence-corrected chi connectivity index (χ1v) is 7.66. The van der Waals surface area contributed by atoms with Crippen molar-refractivity contribution in [2.45, 2.75) is 27.7 Å². The second kappa shape index (κ2) is 12.3. The zero-order chi connectivity index (χ0) is 16.8. The van der Waals surface area contributed by atoms with Crippen molar-refractivity contribution in [2.75, 3.05) is 0 Å². The fraction of sp³-hybridized carbons (Fsp3) is 0.200. The number of hydrogen-bond acceptors (Lipinski definition) is 2. The topological polar surface area (TPSA) is 25.8 Å². The number of hydrogen-bond donors (Lipinski definition) is 0. The maximum absolute atomic E-state index is 4.02. The summed E-state index contributed by atoms with van der Waals surface area (Å²) in [7, 11) is 0. The summed E-state index contributed by atoms with van der Waals surface area (Å²) >= 11 is 0. The number of nitrogens with zero attached hydrogens (tertiary/aromatic N) is 2. The van der Waals surface area contributed by atoms with E-state index in [-0.39, 0.29) is 0 Å². The molecular formula is C20H26N2. The first-order valence-electron chi connectivity index (χ1n) is 7.66. The van der Waals surface area contributed by atoms with Gasteiger partial charge < -0.3 is 0 Å². The van der Waals surface area contributed by atoms with Crippen LogP contribution in [-0.4, -0.2) is 9.97 Å². The number of rotatable bonds is 4. The molecule has 1 heterocycles. The third kappa shape index (κ3) is 5.88. The summed E-state index contributed by atoms with van der Waals surface area (Å²) in [6.07, 6.45) is 10.8. The molecule has 22 heavy (non-hydrogen) atoms. The first-order chi connectivity index (χ1) is 10.8. The molecule has 0 bridgehead atoms. The van der Waals surface area contributed by atoms with Crippen LogP contribution < -0.4 is 0 Å². The van der Waals surface area contributed by atoms with Crippen LogP contribution in [0.25, 0.3) is 17.7 Å². The number of benzene rings is 1. The van der Waals surface area contributed by atoms with Gasteiger partial charge in [0.1, 0.15) is 6.33 Å². The van der Waals surface area contributed by atoms with Gasteiger partial charge in [0.15, 0.2) is 0 Å². The van der Waals surface area contributed by atoms with Gasteiger partial charge in [-0.15, -0.1) is 0 Å². The Balaban J connectivity index is 0.00000102. The molecule has 0 aliphatic carbocycles. The molecule has 0 N–H and O–H groups in total. The van der Waals surface area contributed by atoms with Gasteiger partial charge in [0.2, 0.25) is 0 Å². The lowest BCUT2D eigenvalue weighted by Crippen LogP contribution is -1.86. The zero-order valence-corrected chi connectivity index (χ0v) is 14.1. The van der Waals surface area contributed by atoms with Crippen molar-refractivity contribution in [3.05, 3.63) is 78.9 Å². The van der Waals surface area contributed by atoms with Crippen LogP contribution >= 0.6 is 0 Å². The minimum atomic E-state index is 0.950. The SMILES string of the molecule is C=C/C(=C\c1ccccc1C=C)c1cncnc1.CC.CC. The average Bonchev–Trinajstić information content (AvgIpc) is 2.64. The summed E-state index contributed by atoms with van der Waals surface area (Å²) in [6.45, 7) is 15.7. The molecular weight excluding hydrogens is 268 g/mol. The Labute approximate surface area is 135 Å². The van der Waals surface area contributed by atoms with E-state index >= 15 is 0 Å². The monoisotopic (exact) mass is 294 g/mol. The van der Waals surface area contributed by atoms with E-state index in [9.17, 15) is 0 Å². The van der Waals surface area contributed by atoms with E-state index in [1.165, 1.54) is 6.33 Å². The molecule has 2 nitrogen and oxygen atoms in total. The lowest BCUT2D eigenvalue weighted by atomic mass is 10.0. The first kappa shape index (κ1) is 19.5. The molecule has 0 saturated heterocycles. The van der Waals surface area contributed by atoms with Gasteiger partial charge in [-0.2, -0.15) is 0 Å². The van der Waals surface area contributed by atoms with Gasteiger partial charge in [0, 0.05) is 18.0 Å². The van der Waals surface area contributed by atoms with Gasteiger partial charge in [-0.3, -0.25) is 0 Å². The highest BCUT2D eigenvalue weighted by Gasteiger charge is 2.00. The summed E-state index contributed by atoms with van der Waals surface area (Å²) in [5.41, 5.74) is 4.14.